The fraction of sp³-hybridized carbons (Fsp3) is 0.500. The van der Waals surface area contributed by atoms with Crippen LogP contribution in [0.4, 0.5) is 0 Å². The molecule has 4 atom stereocenters. The third-order valence-corrected chi connectivity index (χ3v) is 4.85. The molecule has 14 heavy (non-hydrogen) atoms. The molecule has 0 aromatic carbocycles. The van der Waals surface area contributed by atoms with Gasteiger partial charge in [-0.15, -0.1) is 0 Å². The predicted octanol–water partition coefficient (Wildman–Crippen LogP) is 2.17. The Morgan fingerprint density at radius 3 is 2.50 bits per heavy atom. The Morgan fingerprint density at radius 1 is 1.29 bits per heavy atom. The van der Waals surface area contributed by atoms with Crippen LogP contribution >= 0.6 is 0 Å². The van der Waals surface area contributed by atoms with Gasteiger partial charge in [0.1, 0.15) is 0 Å². The summed E-state index contributed by atoms with van der Waals surface area (Å²) in [6, 6.07) is 4.68. The number of nitrogens with zero attached hydrogens (tertiary/aromatic N) is 2. The van der Waals surface area contributed by atoms with Crippen LogP contribution < -0.4 is 0 Å². The quantitative estimate of drug-likeness (QED) is 0.539. The van der Waals surface area contributed by atoms with Gasteiger partial charge in [-0.3, -0.25) is 0 Å². The standard InChI is InChI=1S/C12H10N2/c1-10-3-4-12(7-14)9(11(10,12)2)5-8(10)6-13/h3-5,9H,1-2H3/t9?,10?,11?,12-/m1/s1. The van der Waals surface area contributed by atoms with Gasteiger partial charge in [-0.25, -0.2) is 0 Å². The summed E-state index contributed by atoms with van der Waals surface area (Å²) in [4.78, 5) is 0. The lowest BCUT2D eigenvalue weighted by atomic mass is 9.73. The van der Waals surface area contributed by atoms with Crippen LogP contribution in [0.3, 0.4) is 0 Å². The van der Waals surface area contributed by atoms with Gasteiger partial charge in [0.15, 0.2) is 0 Å². The van der Waals surface area contributed by atoms with E-state index < -0.39 is 0 Å². The minimum atomic E-state index is -0.303. The average Bonchev–Trinajstić information content (AvgIpc) is 2.57. The van der Waals surface area contributed by atoms with E-state index in [1.807, 2.05) is 12.2 Å². The largest absolute Gasteiger partial charge is 0.197 e. The minimum Gasteiger partial charge on any atom is -0.197 e. The molecular weight excluding hydrogens is 172 g/mol. The summed E-state index contributed by atoms with van der Waals surface area (Å²) in [6.45, 7) is 4.20. The molecule has 3 aliphatic rings. The molecule has 0 N–H and O–H groups in total. The number of nitriles is 2. The normalized spacial score (nSPS) is 56.0. The first kappa shape index (κ1) is 7.83. The van der Waals surface area contributed by atoms with Gasteiger partial charge in [0.25, 0.3) is 0 Å². The minimum absolute atomic E-state index is 0.0419. The number of fused-ring (bicyclic) bond motifs is 1. The molecule has 0 amide bonds. The maximum Gasteiger partial charge on any atom is 0.0953 e. The Morgan fingerprint density at radius 2 is 2.00 bits per heavy atom. The molecule has 3 unspecified atom stereocenters. The smallest absolute Gasteiger partial charge is 0.0953 e. The van der Waals surface area contributed by atoms with Crippen LogP contribution in [-0.4, -0.2) is 0 Å². The maximum absolute atomic E-state index is 9.21. The van der Waals surface area contributed by atoms with Crippen molar-refractivity contribution in [3.8, 4) is 12.1 Å². The van der Waals surface area contributed by atoms with E-state index in [9.17, 15) is 5.26 Å². The highest BCUT2D eigenvalue weighted by Gasteiger charge is 2.84. The SMILES string of the molecule is CC12C=C[C@@]3(C#N)C(C=C1C#N)C23C. The summed E-state index contributed by atoms with van der Waals surface area (Å²) in [5, 5.41) is 18.2. The first-order chi connectivity index (χ1) is 6.57. The van der Waals surface area contributed by atoms with E-state index in [1.165, 1.54) is 0 Å². The zero-order valence-corrected chi connectivity index (χ0v) is 8.20. The second-order valence-electron chi connectivity index (χ2n) is 4.89. The van der Waals surface area contributed by atoms with Crippen LogP contribution in [0.5, 0.6) is 0 Å². The van der Waals surface area contributed by atoms with E-state index in [1.54, 1.807) is 0 Å². The van der Waals surface area contributed by atoms with E-state index >= 15 is 0 Å². The highest BCUT2D eigenvalue weighted by Crippen LogP contribution is 2.85. The summed E-state index contributed by atoms with van der Waals surface area (Å²) in [7, 11) is 0. The Bertz CT molecular complexity index is 487. The molecule has 0 spiro atoms. The second-order valence-corrected chi connectivity index (χ2v) is 4.89. The van der Waals surface area contributed by atoms with Crippen LogP contribution in [-0.2, 0) is 0 Å². The van der Waals surface area contributed by atoms with Gasteiger partial charge < -0.3 is 0 Å². The van der Waals surface area contributed by atoms with Crippen molar-refractivity contribution in [3.63, 3.8) is 0 Å². The van der Waals surface area contributed by atoms with Crippen LogP contribution in [0.25, 0.3) is 0 Å². The van der Waals surface area contributed by atoms with Crippen molar-refractivity contribution < 1.29 is 0 Å². The van der Waals surface area contributed by atoms with Crippen molar-refractivity contribution in [1.82, 2.24) is 0 Å². The number of hydrogen-bond acceptors (Lipinski definition) is 2. The summed E-state index contributed by atoms with van der Waals surface area (Å²) in [6.07, 6.45) is 6.07. The molecule has 0 bridgehead atoms. The van der Waals surface area contributed by atoms with E-state index in [4.69, 9.17) is 5.26 Å². The van der Waals surface area contributed by atoms with Crippen LogP contribution in [0.2, 0.25) is 0 Å². The van der Waals surface area contributed by atoms with Crippen LogP contribution in [0.1, 0.15) is 13.8 Å². The van der Waals surface area contributed by atoms with Gasteiger partial charge in [0, 0.05) is 22.3 Å². The summed E-state index contributed by atoms with van der Waals surface area (Å²) in [5.74, 6) is 0.268. The molecular formula is C12H10N2. The van der Waals surface area contributed by atoms with Gasteiger partial charge in [-0.2, -0.15) is 10.5 Å². The molecule has 0 radical (unpaired) electrons. The number of allylic oxidation sites excluding steroid dienone is 4. The molecule has 0 aliphatic heterocycles. The lowest BCUT2D eigenvalue weighted by Crippen LogP contribution is -2.24. The van der Waals surface area contributed by atoms with Crippen molar-refractivity contribution >= 4 is 0 Å². The van der Waals surface area contributed by atoms with Crippen molar-refractivity contribution in [2.75, 3.05) is 0 Å². The maximum atomic E-state index is 9.21. The molecule has 0 saturated heterocycles. The molecule has 68 valence electrons. The Labute approximate surface area is 83.1 Å². The average molecular weight is 182 g/mol. The molecule has 3 rings (SSSR count). The fourth-order valence-electron chi connectivity index (χ4n) is 3.57. The van der Waals surface area contributed by atoms with E-state index in [-0.39, 0.29) is 22.2 Å². The van der Waals surface area contributed by atoms with Gasteiger partial charge in [0.05, 0.1) is 17.6 Å². The Hall–Kier alpha value is -1.54. The summed E-state index contributed by atoms with van der Waals surface area (Å²) < 4.78 is 0. The lowest BCUT2D eigenvalue weighted by Gasteiger charge is -2.27. The second kappa shape index (κ2) is 1.66. The zero-order chi connectivity index (χ0) is 10.2. The van der Waals surface area contributed by atoms with E-state index in [0.717, 1.165) is 5.57 Å². The van der Waals surface area contributed by atoms with E-state index in [0.29, 0.717) is 0 Å². The predicted molar refractivity (Wildman–Crippen MR) is 50.6 cm³/mol. The first-order valence-electron chi connectivity index (χ1n) is 4.81. The number of rotatable bonds is 0. The highest BCUT2D eigenvalue weighted by atomic mass is 14.8. The van der Waals surface area contributed by atoms with Crippen molar-refractivity contribution in [1.29, 1.82) is 10.5 Å². The molecule has 2 heteroatoms. The molecule has 1 fully saturated rings. The molecule has 3 aliphatic carbocycles. The van der Waals surface area contributed by atoms with Crippen molar-refractivity contribution in [3.05, 3.63) is 23.8 Å². The number of hydrogen-bond donors (Lipinski definition) is 0. The Kier molecular flexibility index (Phi) is 0.930. The summed E-state index contributed by atoms with van der Waals surface area (Å²) >= 11 is 0. The van der Waals surface area contributed by atoms with Gasteiger partial charge in [-0.05, 0) is 0 Å². The van der Waals surface area contributed by atoms with Crippen LogP contribution in [0.15, 0.2) is 23.8 Å². The van der Waals surface area contributed by atoms with Crippen molar-refractivity contribution in [2.45, 2.75) is 13.8 Å². The van der Waals surface area contributed by atoms with Gasteiger partial charge in [-0.1, -0.05) is 32.1 Å². The monoisotopic (exact) mass is 182 g/mol. The van der Waals surface area contributed by atoms with Crippen LogP contribution in [0, 0.1) is 44.8 Å². The topological polar surface area (TPSA) is 47.6 Å². The zero-order valence-electron chi connectivity index (χ0n) is 8.20. The molecule has 0 aromatic heterocycles. The highest BCUT2D eigenvalue weighted by molar-refractivity contribution is 5.61. The lowest BCUT2D eigenvalue weighted by molar-refractivity contribution is 0.306. The molecule has 1 saturated carbocycles. The van der Waals surface area contributed by atoms with Gasteiger partial charge in [0.2, 0.25) is 0 Å². The van der Waals surface area contributed by atoms with E-state index in [2.05, 4.69) is 32.1 Å². The molecule has 2 nitrogen and oxygen atoms in total. The fourth-order valence-corrected chi connectivity index (χ4v) is 3.57. The molecule has 0 aromatic rings. The Balaban J connectivity index is 2.27. The van der Waals surface area contributed by atoms with Gasteiger partial charge >= 0.3 is 0 Å². The summed E-state index contributed by atoms with van der Waals surface area (Å²) in [5.41, 5.74) is 0.300. The third kappa shape index (κ3) is 0.399. The van der Waals surface area contributed by atoms with Crippen molar-refractivity contribution in [2.24, 2.45) is 22.2 Å². The first-order valence-corrected chi connectivity index (χ1v) is 4.81. The molecule has 0 heterocycles. The third-order valence-electron chi connectivity index (χ3n) is 4.85.